The van der Waals surface area contributed by atoms with E-state index >= 15 is 0 Å². The third-order valence-electron chi connectivity index (χ3n) is 3.96. The molecule has 140 valence electrons. The Labute approximate surface area is 144 Å². The second-order valence-electron chi connectivity index (χ2n) is 6.03. The molecule has 1 aliphatic heterocycles. The van der Waals surface area contributed by atoms with Gasteiger partial charge in [0.05, 0.1) is 13.2 Å². The molecule has 1 aromatic rings. The highest BCUT2D eigenvalue weighted by atomic mass is 19.4. The van der Waals surface area contributed by atoms with E-state index in [-0.39, 0.29) is 24.7 Å². The molecule has 0 aliphatic carbocycles. The average molecular weight is 362 g/mol. The van der Waals surface area contributed by atoms with Crippen LogP contribution in [0.5, 0.6) is 5.75 Å². The van der Waals surface area contributed by atoms with Gasteiger partial charge in [-0.25, -0.2) is 4.39 Å². The SMILES string of the molecule is O=C(CCCOc1ccc(F)cc1)N1CCCN(CC(F)(F)F)CC1. The van der Waals surface area contributed by atoms with Gasteiger partial charge in [-0.05, 0) is 37.1 Å². The van der Waals surface area contributed by atoms with Crippen molar-refractivity contribution in [3.63, 3.8) is 0 Å². The van der Waals surface area contributed by atoms with Crippen LogP contribution >= 0.6 is 0 Å². The van der Waals surface area contributed by atoms with Crippen molar-refractivity contribution >= 4 is 5.91 Å². The largest absolute Gasteiger partial charge is 0.494 e. The fraction of sp³-hybridized carbons (Fsp3) is 0.588. The maximum absolute atomic E-state index is 12.8. The highest BCUT2D eigenvalue weighted by molar-refractivity contribution is 5.76. The van der Waals surface area contributed by atoms with Crippen molar-refractivity contribution in [3.8, 4) is 5.75 Å². The number of carbonyl (C=O) groups is 1. The molecule has 0 spiro atoms. The molecule has 1 fully saturated rings. The lowest BCUT2D eigenvalue weighted by Crippen LogP contribution is -2.38. The molecule has 25 heavy (non-hydrogen) atoms. The molecule has 0 saturated carbocycles. The Morgan fingerprint density at radius 3 is 2.48 bits per heavy atom. The van der Waals surface area contributed by atoms with Crippen molar-refractivity contribution in [2.24, 2.45) is 0 Å². The number of halogens is 4. The van der Waals surface area contributed by atoms with Gasteiger partial charge in [0.15, 0.2) is 0 Å². The molecule has 0 bridgehead atoms. The first-order valence-electron chi connectivity index (χ1n) is 8.29. The summed E-state index contributed by atoms with van der Waals surface area (Å²) >= 11 is 0. The number of nitrogens with zero attached hydrogens (tertiary/aromatic N) is 2. The van der Waals surface area contributed by atoms with E-state index in [0.29, 0.717) is 44.8 Å². The van der Waals surface area contributed by atoms with E-state index in [1.165, 1.54) is 29.2 Å². The average Bonchev–Trinajstić information content (AvgIpc) is 2.77. The highest BCUT2D eigenvalue weighted by Gasteiger charge is 2.31. The molecule has 0 N–H and O–H groups in total. The first kappa shape index (κ1) is 19.5. The molecule has 0 unspecified atom stereocenters. The Morgan fingerprint density at radius 1 is 1.08 bits per heavy atom. The van der Waals surface area contributed by atoms with E-state index in [9.17, 15) is 22.4 Å². The fourth-order valence-electron chi connectivity index (χ4n) is 2.73. The number of hydrogen-bond acceptors (Lipinski definition) is 3. The molecule has 0 atom stereocenters. The topological polar surface area (TPSA) is 32.8 Å². The van der Waals surface area contributed by atoms with Crippen LogP contribution in [0.1, 0.15) is 19.3 Å². The van der Waals surface area contributed by atoms with Crippen molar-refractivity contribution in [2.75, 3.05) is 39.3 Å². The van der Waals surface area contributed by atoms with Gasteiger partial charge in [0.2, 0.25) is 5.91 Å². The minimum absolute atomic E-state index is 0.0726. The van der Waals surface area contributed by atoms with Crippen LogP contribution in [-0.2, 0) is 4.79 Å². The Bertz CT molecular complexity index is 549. The van der Waals surface area contributed by atoms with Gasteiger partial charge in [0.1, 0.15) is 11.6 Å². The van der Waals surface area contributed by atoms with Crippen LogP contribution in [0, 0.1) is 5.82 Å². The van der Waals surface area contributed by atoms with E-state index in [4.69, 9.17) is 4.74 Å². The van der Waals surface area contributed by atoms with Crippen molar-refractivity contribution in [1.29, 1.82) is 0 Å². The Hall–Kier alpha value is -1.83. The second-order valence-corrected chi connectivity index (χ2v) is 6.03. The fourth-order valence-corrected chi connectivity index (χ4v) is 2.73. The minimum atomic E-state index is -4.21. The van der Waals surface area contributed by atoms with Crippen molar-refractivity contribution in [1.82, 2.24) is 9.80 Å². The van der Waals surface area contributed by atoms with Gasteiger partial charge in [-0.1, -0.05) is 0 Å². The Morgan fingerprint density at radius 2 is 1.80 bits per heavy atom. The lowest BCUT2D eigenvalue weighted by molar-refractivity contribution is -0.145. The van der Waals surface area contributed by atoms with Crippen LogP contribution in [0.15, 0.2) is 24.3 Å². The van der Waals surface area contributed by atoms with Gasteiger partial charge in [-0.3, -0.25) is 9.69 Å². The third-order valence-corrected chi connectivity index (χ3v) is 3.96. The number of benzene rings is 1. The van der Waals surface area contributed by atoms with Crippen LogP contribution in [0.25, 0.3) is 0 Å². The summed E-state index contributed by atoms with van der Waals surface area (Å²) < 4.78 is 55.5. The molecule has 0 aromatic heterocycles. The van der Waals surface area contributed by atoms with E-state index in [0.717, 1.165) is 0 Å². The van der Waals surface area contributed by atoms with Gasteiger partial charge in [-0.2, -0.15) is 13.2 Å². The van der Waals surface area contributed by atoms with Crippen molar-refractivity contribution < 1.29 is 27.1 Å². The van der Waals surface area contributed by atoms with Gasteiger partial charge in [0.25, 0.3) is 0 Å². The summed E-state index contributed by atoms with van der Waals surface area (Å²) in [6, 6.07) is 5.62. The number of ether oxygens (including phenoxy) is 1. The molecule has 1 heterocycles. The van der Waals surface area contributed by atoms with Crippen LogP contribution in [0.3, 0.4) is 0 Å². The predicted molar refractivity (Wildman–Crippen MR) is 84.8 cm³/mol. The molecule has 1 aromatic carbocycles. The zero-order chi connectivity index (χ0) is 18.3. The molecular weight excluding hydrogens is 340 g/mol. The third kappa shape index (κ3) is 7.29. The van der Waals surface area contributed by atoms with Crippen LogP contribution < -0.4 is 4.74 Å². The Kier molecular flexibility index (Phi) is 7.04. The molecule has 0 radical (unpaired) electrons. The van der Waals surface area contributed by atoms with E-state index in [1.807, 2.05) is 0 Å². The summed E-state index contributed by atoms with van der Waals surface area (Å²) in [5, 5.41) is 0. The molecule has 1 aliphatic rings. The number of rotatable bonds is 6. The minimum Gasteiger partial charge on any atom is -0.494 e. The molecule has 8 heteroatoms. The van der Waals surface area contributed by atoms with Gasteiger partial charge in [-0.15, -0.1) is 0 Å². The van der Waals surface area contributed by atoms with Crippen LogP contribution in [-0.4, -0.2) is 61.2 Å². The number of alkyl halides is 3. The van der Waals surface area contributed by atoms with Gasteiger partial charge in [0, 0.05) is 32.6 Å². The maximum atomic E-state index is 12.8. The van der Waals surface area contributed by atoms with Crippen molar-refractivity contribution in [3.05, 3.63) is 30.1 Å². The van der Waals surface area contributed by atoms with Gasteiger partial charge >= 0.3 is 6.18 Å². The zero-order valence-electron chi connectivity index (χ0n) is 13.9. The summed E-state index contributed by atoms with van der Waals surface area (Å²) in [4.78, 5) is 15.1. The first-order valence-corrected chi connectivity index (χ1v) is 8.29. The standard InChI is InChI=1S/C17H22F4N2O2/c18-14-4-6-15(7-5-14)25-12-1-3-16(24)23-9-2-8-22(10-11-23)13-17(19,20)21/h4-7H,1-3,8-13H2. The highest BCUT2D eigenvalue weighted by Crippen LogP contribution is 2.18. The lowest BCUT2D eigenvalue weighted by atomic mass is 10.2. The molecule has 4 nitrogen and oxygen atoms in total. The van der Waals surface area contributed by atoms with Crippen LogP contribution in [0.2, 0.25) is 0 Å². The lowest BCUT2D eigenvalue weighted by Gasteiger charge is -2.22. The zero-order valence-corrected chi connectivity index (χ0v) is 13.9. The molecule has 1 saturated heterocycles. The summed E-state index contributed by atoms with van der Waals surface area (Å²) in [5.41, 5.74) is 0. The number of carbonyl (C=O) groups excluding carboxylic acids is 1. The quantitative estimate of drug-likeness (QED) is 0.576. The molecule has 1 amide bonds. The van der Waals surface area contributed by atoms with E-state index < -0.39 is 12.7 Å². The van der Waals surface area contributed by atoms with Crippen LogP contribution in [0.4, 0.5) is 17.6 Å². The number of amides is 1. The van der Waals surface area contributed by atoms with Crippen molar-refractivity contribution in [2.45, 2.75) is 25.4 Å². The maximum Gasteiger partial charge on any atom is 0.401 e. The summed E-state index contributed by atoms with van der Waals surface area (Å²) in [7, 11) is 0. The summed E-state index contributed by atoms with van der Waals surface area (Å²) in [5.74, 6) is 0.117. The monoisotopic (exact) mass is 362 g/mol. The number of hydrogen-bond donors (Lipinski definition) is 0. The molecular formula is C17H22F4N2O2. The Balaban J connectivity index is 1.67. The normalized spacial score (nSPS) is 16.6. The molecule has 2 rings (SSSR count). The summed E-state index contributed by atoms with van der Waals surface area (Å²) in [6.07, 6.45) is -2.90. The van der Waals surface area contributed by atoms with Gasteiger partial charge < -0.3 is 9.64 Å². The van der Waals surface area contributed by atoms with E-state index in [1.54, 1.807) is 4.90 Å². The predicted octanol–water partition coefficient (Wildman–Crippen LogP) is 3.08. The smallest absolute Gasteiger partial charge is 0.401 e. The summed E-state index contributed by atoms with van der Waals surface area (Å²) in [6.45, 7) is 0.764. The first-order chi connectivity index (χ1) is 11.8. The van der Waals surface area contributed by atoms with E-state index in [2.05, 4.69) is 0 Å². The second kappa shape index (κ2) is 9.03.